The number of fused-ring (bicyclic) bond motifs is 9. The fourth-order valence-corrected chi connectivity index (χ4v) is 8.84. The molecule has 0 amide bonds. The largest absolute Gasteiger partial charge is 0.309 e. The zero-order valence-corrected chi connectivity index (χ0v) is 29.5. The highest BCUT2D eigenvalue weighted by Gasteiger charge is 2.21. The molecule has 8 aromatic carbocycles. The summed E-state index contributed by atoms with van der Waals surface area (Å²) in [4.78, 5) is 0. The number of hydrogen-bond donors (Lipinski definition) is 0. The van der Waals surface area contributed by atoms with Crippen LogP contribution in [0, 0.1) is 22.7 Å². The number of aromatic nitrogens is 3. The van der Waals surface area contributed by atoms with E-state index in [2.05, 4.69) is 153 Å². The van der Waals surface area contributed by atoms with Crippen LogP contribution in [0.15, 0.2) is 176 Å². The van der Waals surface area contributed by atoms with Gasteiger partial charge in [0.25, 0.3) is 0 Å². The van der Waals surface area contributed by atoms with Crippen LogP contribution < -0.4 is 0 Å². The molecule has 55 heavy (non-hydrogen) atoms. The van der Waals surface area contributed by atoms with E-state index < -0.39 is 0 Å². The van der Waals surface area contributed by atoms with Crippen LogP contribution in [-0.2, 0) is 0 Å². The summed E-state index contributed by atoms with van der Waals surface area (Å²) >= 11 is 0. The molecule has 0 unspecified atom stereocenters. The summed E-state index contributed by atoms with van der Waals surface area (Å²) in [6.07, 6.45) is 0. The molecule has 0 aliphatic carbocycles. The van der Waals surface area contributed by atoms with Crippen molar-refractivity contribution in [1.82, 2.24) is 13.7 Å². The lowest BCUT2D eigenvalue weighted by atomic mass is 9.97. The summed E-state index contributed by atoms with van der Waals surface area (Å²) in [5, 5.41) is 27.6. The molecule has 3 heterocycles. The molecule has 0 aliphatic heterocycles. The molecule has 5 nitrogen and oxygen atoms in total. The van der Waals surface area contributed by atoms with Crippen LogP contribution in [-0.4, -0.2) is 13.7 Å². The van der Waals surface area contributed by atoms with Gasteiger partial charge in [0.15, 0.2) is 0 Å². The van der Waals surface area contributed by atoms with Crippen LogP contribution in [0.2, 0.25) is 0 Å². The summed E-state index contributed by atoms with van der Waals surface area (Å²) in [5.74, 6) is 0. The predicted molar refractivity (Wildman–Crippen MR) is 224 cm³/mol. The summed E-state index contributed by atoms with van der Waals surface area (Å²) in [7, 11) is 0. The molecular formula is C50H29N5. The van der Waals surface area contributed by atoms with Gasteiger partial charge in [-0.25, -0.2) is 0 Å². The van der Waals surface area contributed by atoms with E-state index in [1.165, 1.54) is 10.8 Å². The Balaban J connectivity index is 1.14. The lowest BCUT2D eigenvalue weighted by molar-refractivity contribution is 1.16. The van der Waals surface area contributed by atoms with Crippen LogP contribution in [0.4, 0.5) is 0 Å². The second kappa shape index (κ2) is 11.8. The van der Waals surface area contributed by atoms with Crippen molar-refractivity contribution in [3.05, 3.63) is 187 Å². The Morgan fingerprint density at radius 3 is 1.53 bits per heavy atom. The summed E-state index contributed by atoms with van der Waals surface area (Å²) in [6.45, 7) is 0. The first kappa shape index (κ1) is 30.7. The molecule has 11 aromatic rings. The molecule has 5 heteroatoms. The third kappa shape index (κ3) is 4.39. The maximum Gasteiger partial charge on any atom is 0.0998 e. The Morgan fingerprint density at radius 1 is 0.345 bits per heavy atom. The Bertz CT molecular complexity index is 3420. The van der Waals surface area contributed by atoms with Gasteiger partial charge < -0.3 is 13.7 Å². The number of benzene rings is 8. The van der Waals surface area contributed by atoms with E-state index in [0.717, 1.165) is 82.8 Å². The molecular weight excluding hydrogens is 671 g/mol. The molecule has 254 valence electrons. The van der Waals surface area contributed by atoms with Crippen molar-refractivity contribution in [1.29, 1.82) is 10.5 Å². The second-order valence-corrected chi connectivity index (χ2v) is 13.9. The third-order valence-electron chi connectivity index (χ3n) is 11.1. The van der Waals surface area contributed by atoms with Crippen molar-refractivity contribution in [2.45, 2.75) is 0 Å². The molecule has 0 fully saturated rings. The van der Waals surface area contributed by atoms with Gasteiger partial charge in [0.05, 0.1) is 67.7 Å². The van der Waals surface area contributed by atoms with E-state index in [9.17, 15) is 10.5 Å². The SMILES string of the molecule is N#Cc1ccc2c3ccccc3n(-c3ccccc3-c3ccc(-n4c5ccccc5c5c(-n6c7ccccc7c7ccccc76)cccc54)cc3C#N)c2c1. The lowest BCUT2D eigenvalue weighted by Gasteiger charge is -2.16. The molecule has 0 spiro atoms. The van der Waals surface area contributed by atoms with E-state index in [4.69, 9.17) is 0 Å². The van der Waals surface area contributed by atoms with E-state index in [1.807, 2.05) is 48.5 Å². The topological polar surface area (TPSA) is 62.4 Å². The standard InChI is InChI=1S/C50H29N5/c51-30-32-24-26-40-39-15-4-9-20-45(39)55(49(40)28-32)42-17-6-1-12-36(42)35-27-25-34(29-33(35)31-52)53-46-21-10-5-16-41(46)50-47(53)22-11-23-48(50)54-43-18-7-2-13-37(43)38-14-3-8-19-44(38)54/h1-29H. The normalized spacial score (nSPS) is 11.6. The molecule has 0 saturated heterocycles. The Hall–Kier alpha value is -7.86. The highest BCUT2D eigenvalue weighted by Crippen LogP contribution is 2.42. The molecule has 0 atom stereocenters. The predicted octanol–water partition coefficient (Wildman–Crippen LogP) is 12.4. The maximum atomic E-state index is 10.8. The van der Waals surface area contributed by atoms with Gasteiger partial charge >= 0.3 is 0 Å². The van der Waals surface area contributed by atoms with E-state index >= 15 is 0 Å². The van der Waals surface area contributed by atoms with Gasteiger partial charge in [-0.2, -0.15) is 10.5 Å². The first-order valence-electron chi connectivity index (χ1n) is 18.3. The van der Waals surface area contributed by atoms with E-state index in [1.54, 1.807) is 0 Å². The van der Waals surface area contributed by atoms with Gasteiger partial charge in [-0.3, -0.25) is 0 Å². The highest BCUT2D eigenvalue weighted by atomic mass is 15.0. The molecule has 0 radical (unpaired) electrons. The monoisotopic (exact) mass is 699 g/mol. The van der Waals surface area contributed by atoms with Crippen LogP contribution in [0.25, 0.3) is 93.6 Å². The van der Waals surface area contributed by atoms with Crippen molar-refractivity contribution in [2.75, 3.05) is 0 Å². The van der Waals surface area contributed by atoms with Gasteiger partial charge in [0.2, 0.25) is 0 Å². The number of hydrogen-bond acceptors (Lipinski definition) is 2. The summed E-state index contributed by atoms with van der Waals surface area (Å²) in [6, 6.07) is 65.8. The zero-order valence-electron chi connectivity index (χ0n) is 29.5. The minimum absolute atomic E-state index is 0.577. The molecule has 0 bridgehead atoms. The van der Waals surface area contributed by atoms with Gasteiger partial charge in [-0.1, -0.05) is 109 Å². The second-order valence-electron chi connectivity index (χ2n) is 13.9. The van der Waals surface area contributed by atoms with Crippen molar-refractivity contribution in [3.8, 4) is 40.3 Å². The molecule has 0 aliphatic rings. The first-order valence-corrected chi connectivity index (χ1v) is 18.3. The van der Waals surface area contributed by atoms with Gasteiger partial charge in [0.1, 0.15) is 0 Å². The fourth-order valence-electron chi connectivity index (χ4n) is 8.84. The Kier molecular flexibility index (Phi) is 6.61. The molecule has 11 rings (SSSR count). The Morgan fingerprint density at radius 2 is 0.873 bits per heavy atom. The molecule has 0 saturated carbocycles. The average molecular weight is 700 g/mol. The van der Waals surface area contributed by atoms with Gasteiger partial charge in [0, 0.05) is 49.1 Å². The molecule has 0 N–H and O–H groups in total. The quantitative estimate of drug-likeness (QED) is 0.184. The zero-order chi connectivity index (χ0) is 36.6. The van der Waals surface area contributed by atoms with E-state index in [-0.39, 0.29) is 0 Å². The van der Waals surface area contributed by atoms with Crippen LogP contribution in [0.1, 0.15) is 11.1 Å². The number of para-hydroxylation sites is 5. The average Bonchev–Trinajstić information content (AvgIpc) is 3.89. The first-order chi connectivity index (χ1) is 27.2. The smallest absolute Gasteiger partial charge is 0.0998 e. The van der Waals surface area contributed by atoms with E-state index in [0.29, 0.717) is 11.1 Å². The van der Waals surface area contributed by atoms with Gasteiger partial charge in [-0.05, 0) is 66.7 Å². The summed E-state index contributed by atoms with van der Waals surface area (Å²) in [5.41, 5.74) is 12.4. The third-order valence-corrected chi connectivity index (χ3v) is 11.1. The van der Waals surface area contributed by atoms with Crippen molar-refractivity contribution < 1.29 is 0 Å². The minimum atomic E-state index is 0.577. The maximum absolute atomic E-state index is 10.8. The van der Waals surface area contributed by atoms with Crippen LogP contribution >= 0.6 is 0 Å². The number of nitrogens with zero attached hydrogens (tertiary/aromatic N) is 5. The van der Waals surface area contributed by atoms with Crippen molar-refractivity contribution in [3.63, 3.8) is 0 Å². The lowest BCUT2D eigenvalue weighted by Crippen LogP contribution is -2.00. The number of nitriles is 2. The van der Waals surface area contributed by atoms with Crippen LogP contribution in [0.3, 0.4) is 0 Å². The molecule has 3 aromatic heterocycles. The van der Waals surface area contributed by atoms with Gasteiger partial charge in [-0.15, -0.1) is 0 Å². The number of rotatable bonds is 4. The van der Waals surface area contributed by atoms with Crippen molar-refractivity contribution >= 4 is 65.4 Å². The van der Waals surface area contributed by atoms with Crippen molar-refractivity contribution in [2.24, 2.45) is 0 Å². The Labute approximate surface area is 316 Å². The fraction of sp³-hybridized carbons (Fsp3) is 0. The van der Waals surface area contributed by atoms with Crippen LogP contribution in [0.5, 0.6) is 0 Å². The summed E-state index contributed by atoms with van der Waals surface area (Å²) < 4.78 is 6.90. The highest BCUT2D eigenvalue weighted by molar-refractivity contribution is 6.16. The minimum Gasteiger partial charge on any atom is -0.309 e.